The van der Waals surface area contributed by atoms with E-state index >= 15 is 0 Å². The summed E-state index contributed by atoms with van der Waals surface area (Å²) in [6.07, 6.45) is 0.757. The van der Waals surface area contributed by atoms with Crippen molar-refractivity contribution >= 4 is 15.9 Å². The zero-order chi connectivity index (χ0) is 19.4. The Morgan fingerprint density at radius 2 is 1.70 bits per heavy atom. The fourth-order valence-corrected chi connectivity index (χ4v) is 4.56. The van der Waals surface area contributed by atoms with E-state index in [9.17, 15) is 22.0 Å². The molecule has 0 aliphatic carbocycles. The molecule has 0 radical (unpaired) electrons. The molecule has 2 aromatic rings. The van der Waals surface area contributed by atoms with Crippen LogP contribution in [0.3, 0.4) is 0 Å². The molecule has 0 spiro atoms. The number of amides is 1. The maximum Gasteiger partial charge on any atom is 0.243 e. The molecule has 2 aromatic carbocycles. The molecule has 1 N–H and O–H groups in total. The van der Waals surface area contributed by atoms with E-state index in [1.54, 1.807) is 0 Å². The number of benzene rings is 2. The summed E-state index contributed by atoms with van der Waals surface area (Å²) < 4.78 is 52.8. The molecule has 8 heteroatoms. The van der Waals surface area contributed by atoms with Crippen LogP contribution in [0.1, 0.15) is 18.4 Å². The number of sulfonamides is 1. The summed E-state index contributed by atoms with van der Waals surface area (Å²) in [6.45, 7) is 0.739. The van der Waals surface area contributed by atoms with Crippen LogP contribution in [0.25, 0.3) is 0 Å². The van der Waals surface area contributed by atoms with Crippen molar-refractivity contribution in [2.75, 3.05) is 13.1 Å². The Hall–Kier alpha value is -2.32. The molecule has 3 rings (SSSR count). The number of nitrogens with zero attached hydrogens (tertiary/aromatic N) is 1. The normalized spacial score (nSPS) is 16.2. The highest BCUT2D eigenvalue weighted by atomic mass is 32.2. The monoisotopic (exact) mass is 394 g/mol. The molecule has 1 heterocycles. The van der Waals surface area contributed by atoms with Crippen LogP contribution in [0.2, 0.25) is 0 Å². The summed E-state index contributed by atoms with van der Waals surface area (Å²) in [5.41, 5.74) is 0.990. The third kappa shape index (κ3) is 4.51. The van der Waals surface area contributed by atoms with E-state index in [1.165, 1.54) is 4.31 Å². The predicted molar refractivity (Wildman–Crippen MR) is 96.1 cm³/mol. The molecule has 1 aliphatic rings. The summed E-state index contributed by atoms with van der Waals surface area (Å²) in [7, 11) is -3.91. The number of carbonyl (C=O) groups excluding carboxylic acids is 1. The Morgan fingerprint density at radius 1 is 1.04 bits per heavy atom. The van der Waals surface area contributed by atoms with Gasteiger partial charge in [0, 0.05) is 25.6 Å². The van der Waals surface area contributed by atoms with Gasteiger partial charge < -0.3 is 5.32 Å². The maximum atomic E-state index is 13.4. The molecule has 1 fully saturated rings. The van der Waals surface area contributed by atoms with E-state index in [0.29, 0.717) is 25.5 Å². The molecule has 27 heavy (non-hydrogen) atoms. The van der Waals surface area contributed by atoms with Crippen LogP contribution in [-0.2, 0) is 21.4 Å². The molecular weight excluding hydrogens is 374 g/mol. The number of carbonyl (C=O) groups is 1. The van der Waals surface area contributed by atoms with Crippen molar-refractivity contribution in [1.82, 2.24) is 9.62 Å². The first-order valence-corrected chi connectivity index (χ1v) is 10.1. The minimum Gasteiger partial charge on any atom is -0.352 e. The second-order valence-corrected chi connectivity index (χ2v) is 8.40. The van der Waals surface area contributed by atoms with Gasteiger partial charge in [0.1, 0.15) is 0 Å². The fourth-order valence-electron chi connectivity index (χ4n) is 3.07. The van der Waals surface area contributed by atoms with Gasteiger partial charge in [-0.1, -0.05) is 30.3 Å². The SMILES string of the molecule is O=C(NCc1ccccc1)C1CCN(S(=O)(=O)c2ccc(F)c(F)c2)CC1. The number of hydrogen-bond donors (Lipinski definition) is 1. The van der Waals surface area contributed by atoms with E-state index in [4.69, 9.17) is 0 Å². The van der Waals surface area contributed by atoms with Crippen molar-refractivity contribution in [2.24, 2.45) is 5.92 Å². The van der Waals surface area contributed by atoms with Crippen molar-refractivity contribution in [2.45, 2.75) is 24.3 Å². The van der Waals surface area contributed by atoms with Crippen LogP contribution in [0.15, 0.2) is 53.4 Å². The highest BCUT2D eigenvalue weighted by Crippen LogP contribution is 2.25. The highest BCUT2D eigenvalue weighted by Gasteiger charge is 2.32. The summed E-state index contributed by atoms with van der Waals surface area (Å²) in [6, 6.07) is 12.0. The van der Waals surface area contributed by atoms with Crippen molar-refractivity contribution in [1.29, 1.82) is 0 Å². The molecule has 0 saturated carbocycles. The Labute approximate surface area is 157 Å². The Kier molecular flexibility index (Phi) is 5.86. The molecule has 1 amide bonds. The molecule has 0 atom stereocenters. The van der Waals surface area contributed by atoms with Gasteiger partial charge in [0.2, 0.25) is 15.9 Å². The minimum atomic E-state index is -3.91. The lowest BCUT2D eigenvalue weighted by atomic mass is 9.97. The summed E-state index contributed by atoms with van der Waals surface area (Å²) in [4.78, 5) is 12.0. The standard InChI is InChI=1S/C19H20F2N2O3S/c20-17-7-6-16(12-18(17)21)27(25,26)23-10-8-15(9-11-23)19(24)22-13-14-4-2-1-3-5-14/h1-7,12,15H,8-11,13H2,(H,22,24). The third-order valence-electron chi connectivity index (χ3n) is 4.66. The summed E-state index contributed by atoms with van der Waals surface area (Å²) in [5.74, 6) is -2.68. The van der Waals surface area contributed by atoms with Gasteiger partial charge in [-0.15, -0.1) is 0 Å². The predicted octanol–water partition coefficient (Wildman–Crippen LogP) is 2.68. The maximum absolute atomic E-state index is 13.4. The van der Waals surface area contributed by atoms with Gasteiger partial charge >= 0.3 is 0 Å². The van der Waals surface area contributed by atoms with Gasteiger partial charge in [0.15, 0.2) is 11.6 Å². The lowest BCUT2D eigenvalue weighted by Gasteiger charge is -2.30. The van der Waals surface area contributed by atoms with E-state index in [2.05, 4.69) is 5.32 Å². The molecule has 0 aromatic heterocycles. The molecule has 0 bridgehead atoms. The molecule has 5 nitrogen and oxygen atoms in total. The topological polar surface area (TPSA) is 66.5 Å². The third-order valence-corrected chi connectivity index (χ3v) is 6.56. The van der Waals surface area contributed by atoms with Crippen molar-refractivity contribution in [3.63, 3.8) is 0 Å². The van der Waals surface area contributed by atoms with Crippen LogP contribution in [0, 0.1) is 17.6 Å². The average molecular weight is 394 g/mol. The van der Waals surface area contributed by atoms with Gasteiger partial charge in [-0.3, -0.25) is 4.79 Å². The number of rotatable bonds is 5. The van der Waals surface area contributed by atoms with Crippen molar-refractivity contribution < 1.29 is 22.0 Å². The first-order valence-electron chi connectivity index (χ1n) is 8.65. The van der Waals surface area contributed by atoms with E-state index in [-0.39, 0.29) is 29.8 Å². The second kappa shape index (κ2) is 8.14. The number of piperidine rings is 1. The summed E-state index contributed by atoms with van der Waals surface area (Å²) in [5, 5.41) is 2.87. The summed E-state index contributed by atoms with van der Waals surface area (Å²) >= 11 is 0. The van der Waals surface area contributed by atoms with Crippen LogP contribution in [-0.4, -0.2) is 31.7 Å². The van der Waals surface area contributed by atoms with Gasteiger partial charge in [-0.2, -0.15) is 4.31 Å². The lowest BCUT2D eigenvalue weighted by Crippen LogP contribution is -2.42. The molecule has 0 unspecified atom stereocenters. The van der Waals surface area contributed by atoms with Crippen LogP contribution in [0.4, 0.5) is 8.78 Å². The smallest absolute Gasteiger partial charge is 0.243 e. The van der Waals surface area contributed by atoms with Crippen molar-refractivity contribution in [3.05, 3.63) is 65.7 Å². The quantitative estimate of drug-likeness (QED) is 0.848. The van der Waals surface area contributed by atoms with Crippen LogP contribution in [0.5, 0.6) is 0 Å². The fraction of sp³-hybridized carbons (Fsp3) is 0.316. The highest BCUT2D eigenvalue weighted by molar-refractivity contribution is 7.89. The number of hydrogen-bond acceptors (Lipinski definition) is 3. The second-order valence-electron chi connectivity index (χ2n) is 6.46. The van der Waals surface area contributed by atoms with Crippen LogP contribution >= 0.6 is 0 Å². The number of halogens is 2. The molecule has 1 saturated heterocycles. The lowest BCUT2D eigenvalue weighted by molar-refractivity contribution is -0.126. The average Bonchev–Trinajstić information content (AvgIpc) is 2.69. The van der Waals surface area contributed by atoms with E-state index in [1.807, 2.05) is 30.3 Å². The Balaban J connectivity index is 1.57. The molecular formula is C19H20F2N2O3S. The Bertz CT molecular complexity index is 912. The van der Waals surface area contributed by atoms with E-state index in [0.717, 1.165) is 17.7 Å². The van der Waals surface area contributed by atoms with Gasteiger partial charge in [0.25, 0.3) is 0 Å². The van der Waals surface area contributed by atoms with E-state index < -0.39 is 21.7 Å². The first-order chi connectivity index (χ1) is 12.9. The van der Waals surface area contributed by atoms with Crippen LogP contribution < -0.4 is 5.32 Å². The first kappa shape index (κ1) is 19.4. The molecule has 1 aliphatic heterocycles. The van der Waals surface area contributed by atoms with Crippen molar-refractivity contribution in [3.8, 4) is 0 Å². The number of nitrogens with one attached hydrogen (secondary N) is 1. The van der Waals surface area contributed by atoms with Gasteiger partial charge in [-0.25, -0.2) is 17.2 Å². The largest absolute Gasteiger partial charge is 0.352 e. The molecule has 144 valence electrons. The Morgan fingerprint density at radius 3 is 2.33 bits per heavy atom. The zero-order valence-corrected chi connectivity index (χ0v) is 15.4. The van der Waals surface area contributed by atoms with Gasteiger partial charge in [-0.05, 0) is 36.6 Å². The zero-order valence-electron chi connectivity index (χ0n) is 14.6. The minimum absolute atomic E-state index is 0.108. The van der Waals surface area contributed by atoms with Gasteiger partial charge in [0.05, 0.1) is 4.90 Å².